The van der Waals surface area contributed by atoms with Gasteiger partial charge in [0.05, 0.1) is 23.5 Å². The van der Waals surface area contributed by atoms with Crippen LogP contribution in [0, 0.1) is 0 Å². The molecule has 6 nitrogen and oxygen atoms in total. The largest absolute Gasteiger partial charge is 0.478 e. The zero-order valence-corrected chi connectivity index (χ0v) is 19.0. The van der Waals surface area contributed by atoms with Crippen molar-refractivity contribution in [2.75, 3.05) is 30.9 Å². The number of pyridine rings is 1. The highest BCUT2D eigenvalue weighted by molar-refractivity contribution is 5.93. The van der Waals surface area contributed by atoms with Crippen molar-refractivity contribution in [2.45, 2.75) is 32.4 Å². The number of anilines is 3. The summed E-state index contributed by atoms with van der Waals surface area (Å²) in [5.74, 6) is -0.433. The number of hydrogen-bond donors (Lipinski definition) is 2. The van der Waals surface area contributed by atoms with Crippen molar-refractivity contribution in [3.05, 3.63) is 83.2 Å². The van der Waals surface area contributed by atoms with Crippen molar-refractivity contribution in [2.24, 2.45) is 0 Å². The van der Waals surface area contributed by atoms with Gasteiger partial charge in [-0.1, -0.05) is 32.0 Å². The standard InChI is InChI=1S/C26H30N4O2/c1-17(2)18-5-7-20(8-6-18)30(4)21-9-10-22-19(13-21)16-29(3)25(22)15-28-24-14-27-12-11-23(24)26(31)32/h5-14,17,25,28H,15-16H2,1-4H3,(H,31,32)/t25-/m0/s1. The Morgan fingerprint density at radius 3 is 2.59 bits per heavy atom. The van der Waals surface area contributed by atoms with Crippen LogP contribution in [0.15, 0.2) is 60.9 Å². The fourth-order valence-electron chi connectivity index (χ4n) is 4.31. The first kappa shape index (κ1) is 21.8. The summed E-state index contributed by atoms with van der Waals surface area (Å²) in [6.07, 6.45) is 3.07. The van der Waals surface area contributed by atoms with Crippen molar-refractivity contribution in [3.8, 4) is 0 Å². The van der Waals surface area contributed by atoms with Crippen molar-refractivity contribution in [3.63, 3.8) is 0 Å². The normalized spacial score (nSPS) is 15.6. The summed E-state index contributed by atoms with van der Waals surface area (Å²) < 4.78 is 0. The van der Waals surface area contributed by atoms with E-state index in [1.165, 1.54) is 29.0 Å². The van der Waals surface area contributed by atoms with Gasteiger partial charge in [0.2, 0.25) is 0 Å². The summed E-state index contributed by atoms with van der Waals surface area (Å²) >= 11 is 0. The van der Waals surface area contributed by atoms with Gasteiger partial charge in [-0.15, -0.1) is 0 Å². The molecule has 0 radical (unpaired) electrons. The third kappa shape index (κ3) is 4.32. The van der Waals surface area contributed by atoms with Gasteiger partial charge in [0.15, 0.2) is 0 Å². The lowest BCUT2D eigenvalue weighted by molar-refractivity contribution is 0.0697. The van der Waals surface area contributed by atoms with Gasteiger partial charge in [0.25, 0.3) is 0 Å². The van der Waals surface area contributed by atoms with Gasteiger partial charge in [-0.3, -0.25) is 9.88 Å². The third-order valence-electron chi connectivity index (χ3n) is 6.31. The highest BCUT2D eigenvalue weighted by Gasteiger charge is 2.28. The zero-order valence-electron chi connectivity index (χ0n) is 19.0. The summed E-state index contributed by atoms with van der Waals surface area (Å²) in [7, 11) is 4.20. The highest BCUT2D eigenvalue weighted by atomic mass is 16.4. The minimum atomic E-state index is -0.954. The molecule has 6 heteroatoms. The minimum Gasteiger partial charge on any atom is -0.478 e. The summed E-state index contributed by atoms with van der Waals surface area (Å²) in [6.45, 7) is 5.88. The van der Waals surface area contributed by atoms with Gasteiger partial charge in [-0.05, 0) is 60.0 Å². The SMILES string of the molecule is CC(C)c1ccc(N(C)c2ccc3c(c2)CN(C)[C@H]3CNc2cnccc2C(=O)O)cc1. The lowest BCUT2D eigenvalue weighted by Crippen LogP contribution is -2.24. The van der Waals surface area contributed by atoms with E-state index in [9.17, 15) is 9.90 Å². The number of nitrogens with zero attached hydrogens (tertiary/aromatic N) is 3. The van der Waals surface area contributed by atoms with Crippen molar-refractivity contribution >= 4 is 23.0 Å². The molecular weight excluding hydrogens is 400 g/mol. The molecule has 166 valence electrons. The fraction of sp³-hybridized carbons (Fsp3) is 0.308. The average molecular weight is 431 g/mol. The number of hydrogen-bond acceptors (Lipinski definition) is 5. The molecule has 1 atom stereocenters. The number of carbonyl (C=O) groups is 1. The van der Waals surface area contributed by atoms with E-state index in [4.69, 9.17) is 0 Å². The van der Waals surface area contributed by atoms with Gasteiger partial charge in [-0.2, -0.15) is 0 Å². The van der Waals surface area contributed by atoms with Crippen LogP contribution in [0.3, 0.4) is 0 Å². The first-order chi connectivity index (χ1) is 15.3. The van der Waals surface area contributed by atoms with Crippen LogP contribution >= 0.6 is 0 Å². The third-order valence-corrected chi connectivity index (χ3v) is 6.31. The Kier molecular flexibility index (Phi) is 6.15. The van der Waals surface area contributed by atoms with Crippen molar-refractivity contribution in [1.29, 1.82) is 0 Å². The van der Waals surface area contributed by atoms with Gasteiger partial charge < -0.3 is 15.3 Å². The van der Waals surface area contributed by atoms with Crippen molar-refractivity contribution < 1.29 is 9.90 Å². The second kappa shape index (κ2) is 9.01. The molecular formula is C26H30N4O2. The molecule has 4 rings (SSSR count). The van der Waals surface area contributed by atoms with Crippen LogP contribution < -0.4 is 10.2 Å². The van der Waals surface area contributed by atoms with Gasteiger partial charge >= 0.3 is 5.97 Å². The van der Waals surface area contributed by atoms with Crippen LogP contribution in [0.25, 0.3) is 0 Å². The maximum Gasteiger partial charge on any atom is 0.337 e. The maximum atomic E-state index is 11.5. The molecule has 1 aliphatic heterocycles. The van der Waals surface area contributed by atoms with E-state index in [2.05, 4.69) is 90.5 Å². The molecule has 0 unspecified atom stereocenters. The predicted octanol–water partition coefficient (Wildman–Crippen LogP) is 5.27. The lowest BCUT2D eigenvalue weighted by Gasteiger charge is -2.23. The molecule has 3 aromatic rings. The Bertz CT molecular complexity index is 1110. The fourth-order valence-corrected chi connectivity index (χ4v) is 4.31. The molecule has 1 aromatic heterocycles. The predicted molar refractivity (Wildman–Crippen MR) is 129 cm³/mol. The summed E-state index contributed by atoms with van der Waals surface area (Å²) in [5.41, 5.74) is 7.01. The van der Waals surface area contributed by atoms with Crippen molar-refractivity contribution in [1.82, 2.24) is 9.88 Å². The molecule has 0 amide bonds. The quantitative estimate of drug-likeness (QED) is 0.532. The summed E-state index contributed by atoms with van der Waals surface area (Å²) in [5, 5.41) is 12.7. The van der Waals surface area contributed by atoms with Gasteiger partial charge in [-0.25, -0.2) is 4.79 Å². The number of rotatable bonds is 7. The second-order valence-corrected chi connectivity index (χ2v) is 8.73. The molecule has 2 heterocycles. The molecule has 0 aliphatic carbocycles. The Morgan fingerprint density at radius 1 is 1.19 bits per heavy atom. The smallest absolute Gasteiger partial charge is 0.337 e. The van der Waals surface area contributed by atoms with E-state index < -0.39 is 5.97 Å². The first-order valence-corrected chi connectivity index (χ1v) is 10.9. The Balaban J connectivity index is 1.51. The summed E-state index contributed by atoms with van der Waals surface area (Å²) in [4.78, 5) is 20.0. The average Bonchev–Trinajstić information content (AvgIpc) is 3.11. The minimum absolute atomic E-state index is 0.163. The number of aromatic nitrogens is 1. The Hall–Kier alpha value is -3.38. The van der Waals surface area contributed by atoms with E-state index >= 15 is 0 Å². The van der Waals surface area contributed by atoms with E-state index in [1.54, 1.807) is 6.20 Å². The number of nitrogens with one attached hydrogen (secondary N) is 1. The van der Waals surface area contributed by atoms with E-state index in [-0.39, 0.29) is 11.6 Å². The highest BCUT2D eigenvalue weighted by Crippen LogP contribution is 2.36. The zero-order chi connectivity index (χ0) is 22.8. The van der Waals surface area contributed by atoms with Crippen LogP contribution in [0.5, 0.6) is 0 Å². The second-order valence-electron chi connectivity index (χ2n) is 8.73. The van der Waals surface area contributed by atoms with Gasteiger partial charge in [0, 0.05) is 37.7 Å². The molecule has 1 aliphatic rings. The van der Waals surface area contributed by atoms with Gasteiger partial charge in [0.1, 0.15) is 0 Å². The molecule has 0 saturated carbocycles. The van der Waals surface area contributed by atoms with Crippen LogP contribution in [0.4, 0.5) is 17.1 Å². The Labute approximate surface area is 189 Å². The maximum absolute atomic E-state index is 11.5. The molecule has 0 saturated heterocycles. The first-order valence-electron chi connectivity index (χ1n) is 10.9. The van der Waals surface area contributed by atoms with Crippen LogP contribution in [-0.4, -0.2) is 41.6 Å². The number of fused-ring (bicyclic) bond motifs is 1. The number of benzene rings is 2. The molecule has 2 N–H and O–H groups in total. The number of carboxylic acid groups (broad SMARTS) is 1. The van der Waals surface area contributed by atoms with E-state index in [1.807, 2.05) is 0 Å². The number of carboxylic acids is 1. The van der Waals surface area contributed by atoms with Crippen LogP contribution in [0.1, 0.15) is 52.9 Å². The molecule has 32 heavy (non-hydrogen) atoms. The van der Waals surface area contributed by atoms with E-state index in [0.717, 1.165) is 17.9 Å². The van der Waals surface area contributed by atoms with E-state index in [0.29, 0.717) is 18.2 Å². The molecule has 0 bridgehead atoms. The lowest BCUT2D eigenvalue weighted by atomic mass is 10.0. The number of aromatic carboxylic acids is 1. The van der Waals surface area contributed by atoms with Crippen LogP contribution in [-0.2, 0) is 6.54 Å². The van der Waals surface area contributed by atoms with Crippen LogP contribution in [0.2, 0.25) is 0 Å². The monoisotopic (exact) mass is 430 g/mol. The Morgan fingerprint density at radius 2 is 1.91 bits per heavy atom. The topological polar surface area (TPSA) is 68.7 Å². The molecule has 0 spiro atoms. The summed E-state index contributed by atoms with van der Waals surface area (Å²) in [6, 6.07) is 17.0. The molecule has 0 fully saturated rings. The molecule has 2 aromatic carbocycles. The number of likely N-dealkylation sites (N-methyl/N-ethyl adjacent to an activating group) is 1.